The van der Waals surface area contributed by atoms with Gasteiger partial charge >= 0.3 is 11.7 Å². The Morgan fingerprint density at radius 2 is 2.26 bits per heavy atom. The molecule has 19 heavy (non-hydrogen) atoms. The number of hydrogen-bond acceptors (Lipinski definition) is 4. The van der Waals surface area contributed by atoms with Crippen LogP contribution in [0.15, 0.2) is 30.9 Å². The van der Waals surface area contributed by atoms with Gasteiger partial charge in [-0.25, -0.2) is 4.79 Å². The predicted octanol–water partition coefficient (Wildman–Crippen LogP) is 2.70. The third kappa shape index (κ3) is 3.31. The fraction of sp³-hybridized carbons (Fsp3) is 0.308. The van der Waals surface area contributed by atoms with Gasteiger partial charge in [-0.05, 0) is 18.6 Å². The maximum absolute atomic E-state index is 11.1. The van der Waals surface area contributed by atoms with Gasteiger partial charge in [-0.15, -0.1) is 6.58 Å². The minimum atomic E-state index is -1.30. The molecule has 0 spiro atoms. The van der Waals surface area contributed by atoms with Crippen LogP contribution in [0.1, 0.15) is 23.7 Å². The van der Waals surface area contributed by atoms with E-state index in [1.165, 1.54) is 12.1 Å². The molecule has 6 nitrogen and oxygen atoms in total. The molecule has 0 aromatic heterocycles. The second kappa shape index (κ2) is 6.53. The lowest BCUT2D eigenvalue weighted by molar-refractivity contribution is -0.384. The molecule has 0 bridgehead atoms. The van der Waals surface area contributed by atoms with Crippen LogP contribution in [0.5, 0.6) is 0 Å². The van der Waals surface area contributed by atoms with Crippen LogP contribution in [0.2, 0.25) is 0 Å². The highest BCUT2D eigenvalue weighted by Gasteiger charge is 2.26. The van der Waals surface area contributed by atoms with Crippen molar-refractivity contribution in [2.24, 2.45) is 0 Å². The highest BCUT2D eigenvalue weighted by Crippen LogP contribution is 2.32. The van der Waals surface area contributed by atoms with Crippen molar-refractivity contribution in [2.75, 3.05) is 18.0 Å². The van der Waals surface area contributed by atoms with Crippen LogP contribution >= 0.6 is 0 Å². The number of carboxylic acid groups (broad SMARTS) is 1. The molecule has 0 atom stereocenters. The van der Waals surface area contributed by atoms with Gasteiger partial charge in [0.15, 0.2) is 0 Å². The van der Waals surface area contributed by atoms with Crippen molar-refractivity contribution in [2.45, 2.75) is 13.3 Å². The zero-order valence-corrected chi connectivity index (χ0v) is 10.7. The first kappa shape index (κ1) is 14.7. The maximum atomic E-state index is 11.1. The van der Waals surface area contributed by atoms with Gasteiger partial charge in [0.1, 0.15) is 11.3 Å². The summed E-state index contributed by atoms with van der Waals surface area (Å²) in [5, 5.41) is 20.2. The van der Waals surface area contributed by atoms with Gasteiger partial charge in [0.25, 0.3) is 0 Å². The Morgan fingerprint density at radius 3 is 2.74 bits per heavy atom. The van der Waals surface area contributed by atoms with E-state index >= 15 is 0 Å². The fourth-order valence-corrected chi connectivity index (χ4v) is 1.89. The lowest BCUT2D eigenvalue weighted by atomic mass is 10.1. The Bertz CT molecular complexity index is 499. The molecule has 0 fully saturated rings. The third-order valence-corrected chi connectivity index (χ3v) is 2.61. The van der Waals surface area contributed by atoms with E-state index in [0.717, 1.165) is 6.42 Å². The number of hydrogen-bond donors (Lipinski definition) is 1. The Hall–Kier alpha value is -2.37. The molecule has 0 aliphatic rings. The lowest BCUT2D eigenvalue weighted by Crippen LogP contribution is -2.25. The van der Waals surface area contributed by atoms with Gasteiger partial charge in [-0.2, -0.15) is 0 Å². The summed E-state index contributed by atoms with van der Waals surface area (Å²) < 4.78 is 0. The van der Waals surface area contributed by atoms with Crippen LogP contribution in [0, 0.1) is 10.1 Å². The van der Waals surface area contributed by atoms with Crippen molar-refractivity contribution in [1.29, 1.82) is 0 Å². The van der Waals surface area contributed by atoms with E-state index in [1.54, 1.807) is 17.0 Å². The number of nitrogens with zero attached hydrogens (tertiary/aromatic N) is 2. The van der Waals surface area contributed by atoms with Crippen LogP contribution in [0.4, 0.5) is 11.4 Å². The second-order valence-corrected chi connectivity index (χ2v) is 3.97. The summed E-state index contributed by atoms with van der Waals surface area (Å²) >= 11 is 0. The monoisotopic (exact) mass is 264 g/mol. The van der Waals surface area contributed by atoms with E-state index in [4.69, 9.17) is 5.11 Å². The number of anilines is 1. The minimum Gasteiger partial charge on any atom is -0.477 e. The smallest absolute Gasteiger partial charge is 0.342 e. The molecule has 102 valence electrons. The number of carbonyl (C=O) groups is 1. The Morgan fingerprint density at radius 1 is 1.58 bits per heavy atom. The first-order valence-corrected chi connectivity index (χ1v) is 5.89. The maximum Gasteiger partial charge on any atom is 0.342 e. The number of carboxylic acids is 1. The van der Waals surface area contributed by atoms with E-state index in [2.05, 4.69) is 6.58 Å². The molecule has 1 aromatic rings. The van der Waals surface area contributed by atoms with E-state index in [9.17, 15) is 14.9 Å². The molecule has 0 radical (unpaired) electrons. The second-order valence-electron chi connectivity index (χ2n) is 3.97. The SMILES string of the molecule is C=CCN(CCC)c1cccc(C(=O)O)c1[N+](=O)[O-]. The number of nitro benzene ring substituents is 1. The molecule has 0 heterocycles. The van der Waals surface area contributed by atoms with Crippen LogP contribution in [0.25, 0.3) is 0 Å². The Labute approximate surface area is 111 Å². The highest BCUT2D eigenvalue weighted by molar-refractivity contribution is 5.95. The molecule has 0 unspecified atom stereocenters. The molecular formula is C13H16N2O4. The standard InChI is InChI=1S/C13H16N2O4/c1-3-8-14(9-4-2)11-7-5-6-10(13(16)17)12(11)15(18)19/h3,5-7H,1,4,8-9H2,2H3,(H,16,17). The Kier molecular flexibility index (Phi) is 5.05. The summed E-state index contributed by atoms with van der Waals surface area (Å²) in [6, 6.07) is 4.31. The summed E-state index contributed by atoms with van der Waals surface area (Å²) in [7, 11) is 0. The first-order valence-electron chi connectivity index (χ1n) is 5.89. The molecule has 0 amide bonds. The predicted molar refractivity (Wildman–Crippen MR) is 72.8 cm³/mol. The van der Waals surface area contributed by atoms with E-state index in [0.29, 0.717) is 18.8 Å². The van der Waals surface area contributed by atoms with Crippen LogP contribution < -0.4 is 4.90 Å². The van der Waals surface area contributed by atoms with Crippen LogP contribution in [-0.4, -0.2) is 29.1 Å². The van der Waals surface area contributed by atoms with Crippen molar-refractivity contribution >= 4 is 17.3 Å². The van der Waals surface area contributed by atoms with Crippen molar-refractivity contribution < 1.29 is 14.8 Å². The zero-order chi connectivity index (χ0) is 14.4. The molecule has 6 heteroatoms. The fourth-order valence-electron chi connectivity index (χ4n) is 1.89. The normalized spacial score (nSPS) is 9.95. The summed E-state index contributed by atoms with van der Waals surface area (Å²) in [5.74, 6) is -1.30. The molecule has 0 saturated carbocycles. The minimum absolute atomic E-state index is 0.298. The summed E-state index contributed by atoms with van der Waals surface area (Å²) in [6.45, 7) is 6.58. The molecule has 1 N–H and O–H groups in total. The molecule has 0 aliphatic carbocycles. The van der Waals surface area contributed by atoms with Gasteiger partial charge in [0, 0.05) is 13.1 Å². The summed E-state index contributed by atoms with van der Waals surface area (Å²) in [6.07, 6.45) is 2.43. The number of nitro groups is 1. The highest BCUT2D eigenvalue weighted by atomic mass is 16.6. The lowest BCUT2D eigenvalue weighted by Gasteiger charge is -2.22. The average Bonchev–Trinajstić information content (AvgIpc) is 2.37. The Balaban J connectivity index is 3.39. The van der Waals surface area contributed by atoms with Crippen molar-refractivity contribution in [3.8, 4) is 0 Å². The largest absolute Gasteiger partial charge is 0.477 e. The van der Waals surface area contributed by atoms with E-state index in [1.807, 2.05) is 6.92 Å². The number of para-hydroxylation sites is 1. The summed E-state index contributed by atoms with van der Waals surface area (Å²) in [4.78, 5) is 23.3. The average molecular weight is 264 g/mol. The molecule has 1 rings (SSSR count). The van der Waals surface area contributed by atoms with Crippen molar-refractivity contribution in [3.63, 3.8) is 0 Å². The number of rotatable bonds is 7. The number of aromatic carboxylic acids is 1. The topological polar surface area (TPSA) is 83.7 Å². The molecule has 1 aromatic carbocycles. The first-order chi connectivity index (χ1) is 9.02. The van der Waals surface area contributed by atoms with Crippen molar-refractivity contribution in [1.82, 2.24) is 0 Å². The van der Waals surface area contributed by atoms with Gasteiger partial charge in [0.05, 0.1) is 4.92 Å². The van der Waals surface area contributed by atoms with Gasteiger partial charge in [0.2, 0.25) is 0 Å². The molecular weight excluding hydrogens is 248 g/mol. The zero-order valence-electron chi connectivity index (χ0n) is 10.7. The van der Waals surface area contributed by atoms with Gasteiger partial charge < -0.3 is 10.0 Å². The van der Waals surface area contributed by atoms with Crippen molar-refractivity contribution in [3.05, 3.63) is 46.5 Å². The van der Waals surface area contributed by atoms with E-state index < -0.39 is 10.9 Å². The van der Waals surface area contributed by atoms with Gasteiger partial charge in [-0.3, -0.25) is 10.1 Å². The van der Waals surface area contributed by atoms with Crippen LogP contribution in [-0.2, 0) is 0 Å². The summed E-state index contributed by atoms with van der Waals surface area (Å²) in [5.41, 5.74) is -0.357. The van der Waals surface area contributed by atoms with E-state index in [-0.39, 0.29) is 11.3 Å². The third-order valence-electron chi connectivity index (χ3n) is 2.61. The molecule has 0 aliphatic heterocycles. The van der Waals surface area contributed by atoms with Crippen LogP contribution in [0.3, 0.4) is 0 Å². The number of benzene rings is 1. The quantitative estimate of drug-likeness (QED) is 0.465. The van der Waals surface area contributed by atoms with Gasteiger partial charge in [-0.1, -0.05) is 19.1 Å². The molecule has 0 saturated heterocycles.